The number of alkyl halides is 3. The van der Waals surface area contributed by atoms with Crippen LogP contribution in [-0.2, 0) is 6.18 Å². The van der Waals surface area contributed by atoms with Crippen molar-refractivity contribution in [3.63, 3.8) is 0 Å². The van der Waals surface area contributed by atoms with Gasteiger partial charge in [0.15, 0.2) is 5.69 Å². The molecule has 0 saturated heterocycles. The van der Waals surface area contributed by atoms with Crippen LogP contribution in [0.15, 0.2) is 0 Å². The third-order valence-corrected chi connectivity index (χ3v) is 5.38. The fourth-order valence-corrected chi connectivity index (χ4v) is 3.97. The second kappa shape index (κ2) is 5.94. The molecule has 21 heavy (non-hydrogen) atoms. The highest BCUT2D eigenvalue weighted by atomic mass is 32.1. The van der Waals surface area contributed by atoms with Gasteiger partial charge < -0.3 is 5.11 Å². The first-order chi connectivity index (χ1) is 9.70. The lowest BCUT2D eigenvalue weighted by Crippen LogP contribution is -2.17. The van der Waals surface area contributed by atoms with E-state index in [-0.39, 0.29) is 5.92 Å². The molecular formula is C14H18F3NO2S. The van der Waals surface area contributed by atoms with Crippen molar-refractivity contribution < 1.29 is 23.1 Å². The lowest BCUT2D eigenvalue weighted by Gasteiger charge is -2.29. The molecular weight excluding hydrogens is 303 g/mol. The maximum Gasteiger partial charge on any atom is 0.435 e. The molecule has 1 N–H and O–H groups in total. The Morgan fingerprint density at radius 3 is 2.24 bits per heavy atom. The normalized spacial score (nSPS) is 23.5. The minimum Gasteiger partial charge on any atom is -0.477 e. The van der Waals surface area contributed by atoms with Gasteiger partial charge in [-0.1, -0.05) is 13.8 Å². The molecule has 7 heteroatoms. The van der Waals surface area contributed by atoms with E-state index in [1.165, 1.54) is 0 Å². The molecule has 1 heterocycles. The van der Waals surface area contributed by atoms with E-state index in [9.17, 15) is 18.0 Å². The summed E-state index contributed by atoms with van der Waals surface area (Å²) in [7, 11) is 0. The number of aromatic carboxylic acids is 1. The van der Waals surface area contributed by atoms with Crippen LogP contribution in [-0.4, -0.2) is 16.1 Å². The van der Waals surface area contributed by atoms with Gasteiger partial charge in [-0.3, -0.25) is 0 Å². The topological polar surface area (TPSA) is 50.2 Å². The molecule has 118 valence electrons. The monoisotopic (exact) mass is 321 g/mol. The standard InChI is InChI=1S/C14H18F3NO2S/c1-7(2)8-3-5-9(6-4-8)12-18-11(14(15,16)17)10(21-12)13(19)20/h7-9H,3-6H2,1-2H3,(H,19,20). The van der Waals surface area contributed by atoms with Crippen molar-refractivity contribution in [3.05, 3.63) is 15.6 Å². The van der Waals surface area contributed by atoms with Crippen molar-refractivity contribution in [2.24, 2.45) is 11.8 Å². The Labute approximate surface area is 125 Å². The molecule has 0 amide bonds. The zero-order chi connectivity index (χ0) is 15.8. The van der Waals surface area contributed by atoms with E-state index in [1.807, 2.05) is 0 Å². The maximum atomic E-state index is 12.8. The molecule has 2 rings (SSSR count). The molecule has 0 radical (unpaired) electrons. The molecule has 1 aromatic heterocycles. The number of carboxylic acids is 1. The van der Waals surface area contributed by atoms with Crippen molar-refractivity contribution in [1.29, 1.82) is 0 Å². The quantitative estimate of drug-likeness (QED) is 0.871. The molecule has 0 unspecified atom stereocenters. The molecule has 1 aliphatic rings. The van der Waals surface area contributed by atoms with Crippen molar-refractivity contribution in [1.82, 2.24) is 4.98 Å². The lowest BCUT2D eigenvalue weighted by molar-refractivity contribution is -0.141. The third-order valence-electron chi connectivity index (χ3n) is 4.17. The number of carbonyl (C=O) groups is 1. The average molecular weight is 321 g/mol. The summed E-state index contributed by atoms with van der Waals surface area (Å²) in [5.74, 6) is -0.425. The zero-order valence-electron chi connectivity index (χ0n) is 11.9. The average Bonchev–Trinajstić information content (AvgIpc) is 2.84. The number of carboxylic acid groups (broad SMARTS) is 1. The first-order valence-corrected chi connectivity index (χ1v) is 7.83. The van der Waals surface area contributed by atoms with Gasteiger partial charge >= 0.3 is 12.1 Å². The van der Waals surface area contributed by atoms with Crippen LogP contribution in [0, 0.1) is 11.8 Å². The van der Waals surface area contributed by atoms with Gasteiger partial charge in [-0.2, -0.15) is 13.2 Å². The molecule has 1 aromatic rings. The van der Waals surface area contributed by atoms with E-state index >= 15 is 0 Å². The molecule has 3 nitrogen and oxygen atoms in total. The minimum absolute atomic E-state index is 0.0424. The van der Waals surface area contributed by atoms with Gasteiger partial charge in [0.25, 0.3) is 0 Å². The molecule has 0 aromatic carbocycles. The van der Waals surface area contributed by atoms with Crippen LogP contribution in [0.1, 0.15) is 65.8 Å². The summed E-state index contributed by atoms with van der Waals surface area (Å²) in [4.78, 5) is 13.9. The highest BCUT2D eigenvalue weighted by molar-refractivity contribution is 7.13. The predicted octanol–water partition coefficient (Wildman–Crippen LogP) is 4.79. The summed E-state index contributed by atoms with van der Waals surface area (Å²) >= 11 is 0.680. The molecule has 0 atom stereocenters. The van der Waals surface area contributed by atoms with E-state index in [2.05, 4.69) is 18.8 Å². The van der Waals surface area contributed by atoms with Gasteiger partial charge in [0.1, 0.15) is 4.88 Å². The first kappa shape index (κ1) is 16.3. The van der Waals surface area contributed by atoms with E-state index in [0.717, 1.165) is 25.7 Å². The number of nitrogens with zero attached hydrogens (tertiary/aromatic N) is 1. The lowest BCUT2D eigenvalue weighted by atomic mass is 9.77. The Kier molecular flexibility index (Phi) is 4.60. The maximum absolute atomic E-state index is 12.8. The van der Waals surface area contributed by atoms with Crippen molar-refractivity contribution in [2.45, 2.75) is 51.6 Å². The van der Waals surface area contributed by atoms with Crippen LogP contribution >= 0.6 is 11.3 Å². The van der Waals surface area contributed by atoms with Gasteiger partial charge in [0, 0.05) is 5.92 Å². The van der Waals surface area contributed by atoms with Gasteiger partial charge in [-0.15, -0.1) is 11.3 Å². The molecule has 1 saturated carbocycles. The highest BCUT2D eigenvalue weighted by Gasteiger charge is 2.40. The summed E-state index contributed by atoms with van der Waals surface area (Å²) in [6.07, 6.45) is -1.21. The fraction of sp³-hybridized carbons (Fsp3) is 0.714. The summed E-state index contributed by atoms with van der Waals surface area (Å²) in [6, 6.07) is 0. The van der Waals surface area contributed by atoms with Crippen molar-refractivity contribution >= 4 is 17.3 Å². The third kappa shape index (κ3) is 3.56. The van der Waals surface area contributed by atoms with Crippen LogP contribution in [0.25, 0.3) is 0 Å². The molecule has 0 bridgehead atoms. The summed E-state index contributed by atoms with van der Waals surface area (Å²) < 4.78 is 38.5. The molecule has 0 spiro atoms. The highest BCUT2D eigenvalue weighted by Crippen LogP contribution is 2.42. The predicted molar refractivity (Wildman–Crippen MR) is 73.6 cm³/mol. The molecule has 1 fully saturated rings. The van der Waals surface area contributed by atoms with Crippen LogP contribution in [0.2, 0.25) is 0 Å². The van der Waals surface area contributed by atoms with Gasteiger partial charge in [0.05, 0.1) is 5.01 Å². The van der Waals surface area contributed by atoms with Crippen LogP contribution in [0.5, 0.6) is 0 Å². The number of rotatable bonds is 3. The van der Waals surface area contributed by atoms with E-state index in [4.69, 9.17) is 5.11 Å². The Bertz CT molecular complexity index is 517. The number of aromatic nitrogens is 1. The van der Waals surface area contributed by atoms with Crippen LogP contribution < -0.4 is 0 Å². The Hall–Kier alpha value is -1.11. The number of hydrogen-bond donors (Lipinski definition) is 1. The van der Waals surface area contributed by atoms with Crippen LogP contribution in [0.4, 0.5) is 13.2 Å². The zero-order valence-corrected chi connectivity index (χ0v) is 12.7. The van der Waals surface area contributed by atoms with E-state index in [1.54, 1.807) is 0 Å². The van der Waals surface area contributed by atoms with Crippen molar-refractivity contribution in [2.75, 3.05) is 0 Å². The SMILES string of the molecule is CC(C)C1CCC(c2nc(C(F)(F)F)c(C(=O)O)s2)CC1. The van der Waals surface area contributed by atoms with Crippen LogP contribution in [0.3, 0.4) is 0 Å². The van der Waals surface area contributed by atoms with Gasteiger partial charge in [-0.25, -0.2) is 9.78 Å². The second-order valence-electron chi connectivity index (χ2n) is 5.89. The number of halogens is 3. The largest absolute Gasteiger partial charge is 0.477 e. The Morgan fingerprint density at radius 2 is 1.86 bits per heavy atom. The number of hydrogen-bond acceptors (Lipinski definition) is 3. The Balaban J connectivity index is 2.20. The number of thiazole rings is 1. The summed E-state index contributed by atoms with van der Waals surface area (Å²) in [6.45, 7) is 4.30. The minimum atomic E-state index is -4.71. The van der Waals surface area contributed by atoms with E-state index in [0.29, 0.717) is 28.2 Å². The van der Waals surface area contributed by atoms with Crippen molar-refractivity contribution in [3.8, 4) is 0 Å². The molecule has 1 aliphatic carbocycles. The summed E-state index contributed by atoms with van der Waals surface area (Å²) in [5, 5.41) is 9.25. The second-order valence-corrected chi connectivity index (χ2v) is 6.92. The first-order valence-electron chi connectivity index (χ1n) is 7.01. The fourth-order valence-electron chi connectivity index (χ4n) is 2.88. The van der Waals surface area contributed by atoms with E-state index < -0.39 is 22.7 Å². The molecule has 0 aliphatic heterocycles. The summed E-state index contributed by atoms with van der Waals surface area (Å²) in [5.41, 5.74) is -1.25. The van der Waals surface area contributed by atoms with Gasteiger partial charge in [0.2, 0.25) is 0 Å². The van der Waals surface area contributed by atoms with Gasteiger partial charge in [-0.05, 0) is 37.5 Å². The smallest absolute Gasteiger partial charge is 0.435 e. The Morgan fingerprint density at radius 1 is 1.29 bits per heavy atom.